The summed E-state index contributed by atoms with van der Waals surface area (Å²) in [5, 5.41) is 0. The van der Waals surface area contributed by atoms with Crippen LogP contribution in [-0.2, 0) is 25.7 Å². The van der Waals surface area contributed by atoms with Crippen LogP contribution in [-0.4, -0.2) is 24.5 Å². The van der Waals surface area contributed by atoms with Crippen LogP contribution in [0, 0.1) is 0 Å². The molecule has 1 rings (SSSR count). The SMILES string of the molecule is CCOC(=O)C(CC)(CC=O)OCc1ccccc1. The molecule has 0 fully saturated rings. The van der Waals surface area contributed by atoms with E-state index in [1.807, 2.05) is 37.3 Å². The summed E-state index contributed by atoms with van der Waals surface area (Å²) >= 11 is 0. The third-order valence-electron chi connectivity index (χ3n) is 2.99. The first-order valence-electron chi connectivity index (χ1n) is 6.47. The second-order valence-electron chi connectivity index (χ2n) is 4.21. The van der Waals surface area contributed by atoms with Crippen molar-refractivity contribution in [2.45, 2.75) is 38.9 Å². The van der Waals surface area contributed by atoms with E-state index in [0.29, 0.717) is 12.7 Å². The van der Waals surface area contributed by atoms with E-state index < -0.39 is 11.6 Å². The molecular formula is C15H20O4. The summed E-state index contributed by atoms with van der Waals surface area (Å²) in [5.41, 5.74) is -0.219. The lowest BCUT2D eigenvalue weighted by Crippen LogP contribution is -2.42. The predicted octanol–water partition coefficient (Wildman–Crippen LogP) is 2.50. The lowest BCUT2D eigenvalue weighted by molar-refractivity contribution is -0.176. The van der Waals surface area contributed by atoms with Crippen LogP contribution >= 0.6 is 0 Å². The highest BCUT2D eigenvalue weighted by atomic mass is 16.6. The normalized spacial score (nSPS) is 13.6. The number of hydrogen-bond acceptors (Lipinski definition) is 4. The Labute approximate surface area is 113 Å². The largest absolute Gasteiger partial charge is 0.464 e. The Hall–Kier alpha value is -1.68. The van der Waals surface area contributed by atoms with Crippen molar-refractivity contribution in [3.8, 4) is 0 Å². The van der Waals surface area contributed by atoms with Gasteiger partial charge in [-0.25, -0.2) is 4.79 Å². The van der Waals surface area contributed by atoms with Gasteiger partial charge in [0.05, 0.1) is 13.2 Å². The van der Waals surface area contributed by atoms with Crippen molar-refractivity contribution in [1.82, 2.24) is 0 Å². The summed E-state index contributed by atoms with van der Waals surface area (Å²) in [7, 11) is 0. The fourth-order valence-electron chi connectivity index (χ4n) is 1.78. The minimum Gasteiger partial charge on any atom is -0.464 e. The van der Waals surface area contributed by atoms with Crippen molar-refractivity contribution < 1.29 is 19.1 Å². The second-order valence-corrected chi connectivity index (χ2v) is 4.21. The molecule has 1 aromatic rings. The van der Waals surface area contributed by atoms with Crippen LogP contribution in [0.25, 0.3) is 0 Å². The molecule has 1 aromatic carbocycles. The van der Waals surface area contributed by atoms with Gasteiger partial charge in [-0.15, -0.1) is 0 Å². The standard InChI is InChI=1S/C15H20O4/c1-3-15(10-11-16,14(17)18-4-2)19-12-13-8-6-5-7-9-13/h5-9,11H,3-4,10,12H2,1-2H3. The highest BCUT2D eigenvalue weighted by Gasteiger charge is 2.39. The number of carbonyl (C=O) groups is 2. The van der Waals surface area contributed by atoms with Gasteiger partial charge in [0, 0.05) is 6.42 Å². The molecule has 0 aliphatic carbocycles. The number of aldehydes is 1. The molecule has 0 aliphatic rings. The smallest absolute Gasteiger partial charge is 0.338 e. The van der Waals surface area contributed by atoms with E-state index in [9.17, 15) is 9.59 Å². The first-order valence-corrected chi connectivity index (χ1v) is 6.47. The molecule has 0 aliphatic heterocycles. The highest BCUT2D eigenvalue weighted by molar-refractivity contribution is 5.82. The van der Waals surface area contributed by atoms with Crippen LogP contribution in [0.3, 0.4) is 0 Å². The van der Waals surface area contributed by atoms with Crippen molar-refractivity contribution in [3.05, 3.63) is 35.9 Å². The molecule has 0 bridgehead atoms. The monoisotopic (exact) mass is 264 g/mol. The third kappa shape index (κ3) is 4.17. The van der Waals surface area contributed by atoms with Gasteiger partial charge < -0.3 is 14.3 Å². The van der Waals surface area contributed by atoms with Gasteiger partial charge in [0.2, 0.25) is 0 Å². The van der Waals surface area contributed by atoms with Gasteiger partial charge in [0.1, 0.15) is 6.29 Å². The number of hydrogen-bond donors (Lipinski definition) is 0. The van der Waals surface area contributed by atoms with Crippen LogP contribution in [0.15, 0.2) is 30.3 Å². The van der Waals surface area contributed by atoms with E-state index >= 15 is 0 Å². The topological polar surface area (TPSA) is 52.6 Å². The third-order valence-corrected chi connectivity index (χ3v) is 2.99. The maximum atomic E-state index is 12.0. The average Bonchev–Trinajstić information content (AvgIpc) is 2.45. The molecular weight excluding hydrogens is 244 g/mol. The Morgan fingerprint density at radius 1 is 1.26 bits per heavy atom. The lowest BCUT2D eigenvalue weighted by atomic mass is 9.97. The van der Waals surface area contributed by atoms with Crippen LogP contribution < -0.4 is 0 Å². The van der Waals surface area contributed by atoms with E-state index in [0.717, 1.165) is 5.56 Å². The zero-order chi connectivity index (χ0) is 14.1. The first kappa shape index (κ1) is 15.4. The van der Waals surface area contributed by atoms with Crippen LogP contribution in [0.2, 0.25) is 0 Å². The molecule has 19 heavy (non-hydrogen) atoms. The molecule has 104 valence electrons. The van der Waals surface area contributed by atoms with E-state index in [2.05, 4.69) is 0 Å². The van der Waals surface area contributed by atoms with Crippen LogP contribution in [0.4, 0.5) is 0 Å². The van der Waals surface area contributed by atoms with Crippen molar-refractivity contribution in [2.75, 3.05) is 6.61 Å². The van der Waals surface area contributed by atoms with Gasteiger partial charge in [-0.2, -0.15) is 0 Å². The maximum Gasteiger partial charge on any atom is 0.338 e. The molecule has 0 aromatic heterocycles. The quantitative estimate of drug-likeness (QED) is 0.534. The highest BCUT2D eigenvalue weighted by Crippen LogP contribution is 2.23. The molecule has 0 spiro atoms. The number of benzene rings is 1. The molecule has 0 heterocycles. The molecule has 0 radical (unpaired) electrons. The van der Waals surface area contributed by atoms with E-state index in [1.54, 1.807) is 6.92 Å². The minimum absolute atomic E-state index is 0.00909. The Kier molecular flexibility index (Phi) is 6.22. The van der Waals surface area contributed by atoms with E-state index in [-0.39, 0.29) is 19.6 Å². The molecule has 0 saturated carbocycles. The van der Waals surface area contributed by atoms with Crippen LogP contribution in [0.5, 0.6) is 0 Å². The molecule has 0 N–H and O–H groups in total. The van der Waals surface area contributed by atoms with Gasteiger partial charge in [-0.05, 0) is 18.9 Å². The first-order chi connectivity index (χ1) is 9.18. The molecule has 1 unspecified atom stereocenters. The summed E-state index contributed by atoms with van der Waals surface area (Å²) in [4.78, 5) is 22.8. The average molecular weight is 264 g/mol. The molecule has 1 atom stereocenters. The number of ether oxygens (including phenoxy) is 2. The van der Waals surface area contributed by atoms with E-state index in [4.69, 9.17) is 9.47 Å². The maximum absolute atomic E-state index is 12.0. The number of esters is 1. The summed E-state index contributed by atoms with van der Waals surface area (Å²) in [6.07, 6.45) is 1.11. The Morgan fingerprint density at radius 3 is 2.47 bits per heavy atom. The molecule has 0 amide bonds. The molecule has 4 heteroatoms. The second kappa shape index (κ2) is 7.69. The Balaban J connectivity index is 2.78. The van der Waals surface area contributed by atoms with Crippen molar-refractivity contribution >= 4 is 12.3 Å². The van der Waals surface area contributed by atoms with Gasteiger partial charge in [0.25, 0.3) is 0 Å². The van der Waals surface area contributed by atoms with Gasteiger partial charge in [0.15, 0.2) is 5.60 Å². The number of carbonyl (C=O) groups excluding carboxylic acids is 2. The van der Waals surface area contributed by atoms with Gasteiger partial charge >= 0.3 is 5.97 Å². The van der Waals surface area contributed by atoms with Crippen molar-refractivity contribution in [1.29, 1.82) is 0 Å². The minimum atomic E-state index is -1.17. The zero-order valence-electron chi connectivity index (χ0n) is 11.4. The van der Waals surface area contributed by atoms with Crippen molar-refractivity contribution in [2.24, 2.45) is 0 Å². The molecule has 4 nitrogen and oxygen atoms in total. The van der Waals surface area contributed by atoms with E-state index in [1.165, 1.54) is 0 Å². The zero-order valence-corrected chi connectivity index (χ0v) is 11.4. The molecule has 0 saturated heterocycles. The fraction of sp³-hybridized carbons (Fsp3) is 0.467. The summed E-state index contributed by atoms with van der Waals surface area (Å²) in [6.45, 7) is 4.09. The summed E-state index contributed by atoms with van der Waals surface area (Å²) < 4.78 is 10.7. The number of rotatable bonds is 8. The lowest BCUT2D eigenvalue weighted by Gasteiger charge is -2.28. The van der Waals surface area contributed by atoms with Gasteiger partial charge in [-0.3, -0.25) is 0 Å². The Bertz CT molecular complexity index is 402. The van der Waals surface area contributed by atoms with Crippen molar-refractivity contribution in [3.63, 3.8) is 0 Å². The van der Waals surface area contributed by atoms with Gasteiger partial charge in [-0.1, -0.05) is 37.3 Å². The summed E-state index contributed by atoms with van der Waals surface area (Å²) in [5.74, 6) is -0.472. The van der Waals surface area contributed by atoms with Crippen LogP contribution in [0.1, 0.15) is 32.3 Å². The Morgan fingerprint density at radius 2 is 1.95 bits per heavy atom. The summed E-state index contributed by atoms with van der Waals surface area (Å²) in [6, 6.07) is 9.53. The fourth-order valence-corrected chi connectivity index (χ4v) is 1.78. The predicted molar refractivity (Wildman–Crippen MR) is 71.6 cm³/mol.